The molecule has 0 bridgehead atoms. The maximum absolute atomic E-state index is 12.7. The smallest absolute Gasteiger partial charge is 0.244 e. The van der Waals surface area contributed by atoms with E-state index in [-0.39, 0.29) is 16.6 Å². The van der Waals surface area contributed by atoms with Gasteiger partial charge in [0.2, 0.25) is 15.9 Å². The summed E-state index contributed by atoms with van der Waals surface area (Å²) in [6, 6.07) is 13.5. The molecule has 0 spiro atoms. The lowest BCUT2D eigenvalue weighted by atomic mass is 10.2. The first kappa shape index (κ1) is 19.9. The van der Waals surface area contributed by atoms with Crippen LogP contribution in [0.15, 0.2) is 53.4 Å². The molecule has 0 unspecified atom stereocenters. The highest BCUT2D eigenvalue weighted by Crippen LogP contribution is 2.24. The van der Waals surface area contributed by atoms with Crippen LogP contribution in [-0.2, 0) is 21.4 Å². The minimum atomic E-state index is -3.90. The average molecular weight is 376 g/mol. The predicted molar refractivity (Wildman–Crippen MR) is 100 cm³/mol. The Morgan fingerprint density at radius 1 is 1.19 bits per heavy atom. The normalized spacial score (nSPS) is 12.5. The van der Waals surface area contributed by atoms with Gasteiger partial charge >= 0.3 is 0 Å². The molecular weight excluding hydrogens is 352 g/mol. The van der Waals surface area contributed by atoms with Crippen LogP contribution in [0.2, 0.25) is 0 Å². The minimum absolute atomic E-state index is 0.0189. The number of carbonyl (C=O) groups is 1. The molecule has 0 aliphatic heterocycles. The number of amides is 1. The van der Waals surface area contributed by atoms with E-state index in [1.807, 2.05) is 30.3 Å². The lowest BCUT2D eigenvalue weighted by molar-refractivity contribution is -0.131. The van der Waals surface area contributed by atoms with E-state index in [0.29, 0.717) is 6.54 Å². The summed E-state index contributed by atoms with van der Waals surface area (Å²) in [7, 11) is -0.844. The number of likely N-dealkylation sites (N-methyl/N-ethyl adjacent to an activating group) is 1. The van der Waals surface area contributed by atoms with Gasteiger partial charge in [0.15, 0.2) is 0 Å². The van der Waals surface area contributed by atoms with Crippen molar-refractivity contribution < 1.29 is 17.9 Å². The third kappa shape index (κ3) is 4.83. The zero-order valence-electron chi connectivity index (χ0n) is 15.4. The van der Waals surface area contributed by atoms with Crippen LogP contribution in [0.25, 0.3) is 0 Å². The van der Waals surface area contributed by atoms with Crippen molar-refractivity contribution in [3.05, 3.63) is 59.7 Å². The SMILES string of the molecule is COc1ccc(C)cc1S(=O)(=O)N[C@@H](C)C(=O)N(C)Cc1ccccc1. The molecular formula is C19H24N2O4S. The summed E-state index contributed by atoms with van der Waals surface area (Å²) in [5, 5.41) is 0. The van der Waals surface area contributed by atoms with Gasteiger partial charge in [-0.05, 0) is 37.1 Å². The van der Waals surface area contributed by atoms with E-state index in [1.165, 1.54) is 25.0 Å². The van der Waals surface area contributed by atoms with Crippen molar-refractivity contribution >= 4 is 15.9 Å². The van der Waals surface area contributed by atoms with E-state index in [1.54, 1.807) is 26.1 Å². The number of aryl methyl sites for hydroxylation is 1. The molecule has 0 saturated carbocycles. The van der Waals surface area contributed by atoms with Gasteiger partial charge in [-0.2, -0.15) is 4.72 Å². The predicted octanol–water partition coefficient (Wildman–Crippen LogP) is 2.33. The second-order valence-electron chi connectivity index (χ2n) is 6.18. The molecule has 2 rings (SSSR count). The number of nitrogens with one attached hydrogen (secondary N) is 1. The second-order valence-corrected chi connectivity index (χ2v) is 7.86. The molecule has 0 heterocycles. The number of ether oxygens (including phenoxy) is 1. The summed E-state index contributed by atoms with van der Waals surface area (Å²) >= 11 is 0. The quantitative estimate of drug-likeness (QED) is 0.805. The van der Waals surface area contributed by atoms with Crippen molar-refractivity contribution in [3.8, 4) is 5.75 Å². The number of sulfonamides is 1. The van der Waals surface area contributed by atoms with Crippen LogP contribution in [0.1, 0.15) is 18.1 Å². The number of carbonyl (C=O) groups excluding carboxylic acids is 1. The molecule has 0 saturated heterocycles. The number of benzene rings is 2. The Labute approximate surface area is 154 Å². The Hall–Kier alpha value is -2.38. The van der Waals surface area contributed by atoms with Crippen LogP contribution < -0.4 is 9.46 Å². The largest absolute Gasteiger partial charge is 0.495 e. The summed E-state index contributed by atoms with van der Waals surface area (Å²) in [5.41, 5.74) is 1.75. The van der Waals surface area contributed by atoms with Gasteiger partial charge in [-0.3, -0.25) is 4.79 Å². The highest BCUT2D eigenvalue weighted by Gasteiger charge is 2.26. The van der Waals surface area contributed by atoms with Crippen LogP contribution in [0.3, 0.4) is 0 Å². The van der Waals surface area contributed by atoms with E-state index in [0.717, 1.165) is 11.1 Å². The first-order valence-electron chi connectivity index (χ1n) is 8.20. The van der Waals surface area contributed by atoms with Gasteiger partial charge in [0.1, 0.15) is 10.6 Å². The minimum Gasteiger partial charge on any atom is -0.495 e. The van der Waals surface area contributed by atoms with Crippen LogP contribution in [0.4, 0.5) is 0 Å². The van der Waals surface area contributed by atoms with Crippen molar-refractivity contribution in [1.82, 2.24) is 9.62 Å². The van der Waals surface area contributed by atoms with Crippen molar-refractivity contribution in [1.29, 1.82) is 0 Å². The molecule has 26 heavy (non-hydrogen) atoms. The molecule has 0 fully saturated rings. The fourth-order valence-corrected chi connectivity index (χ4v) is 4.06. The van der Waals surface area contributed by atoms with Crippen LogP contribution >= 0.6 is 0 Å². The number of rotatable bonds is 7. The van der Waals surface area contributed by atoms with Gasteiger partial charge in [-0.25, -0.2) is 8.42 Å². The molecule has 140 valence electrons. The summed E-state index contributed by atoms with van der Waals surface area (Å²) in [5.74, 6) is -0.0792. The first-order chi connectivity index (χ1) is 12.2. The molecule has 0 radical (unpaired) electrons. The van der Waals surface area contributed by atoms with Crippen molar-refractivity contribution in [3.63, 3.8) is 0 Å². The van der Waals surface area contributed by atoms with Crippen LogP contribution in [-0.4, -0.2) is 39.4 Å². The lowest BCUT2D eigenvalue weighted by Gasteiger charge is -2.22. The third-order valence-electron chi connectivity index (χ3n) is 3.95. The zero-order chi connectivity index (χ0) is 19.3. The van der Waals surface area contributed by atoms with E-state index >= 15 is 0 Å². The molecule has 0 aromatic heterocycles. The molecule has 0 aliphatic rings. The molecule has 1 atom stereocenters. The molecule has 6 nitrogen and oxygen atoms in total. The molecule has 2 aromatic carbocycles. The summed E-state index contributed by atoms with van der Waals surface area (Å²) in [6.45, 7) is 3.73. The highest BCUT2D eigenvalue weighted by molar-refractivity contribution is 7.89. The molecule has 2 aromatic rings. The van der Waals surface area contributed by atoms with Crippen molar-refractivity contribution in [2.24, 2.45) is 0 Å². The lowest BCUT2D eigenvalue weighted by Crippen LogP contribution is -2.45. The van der Waals surface area contributed by atoms with Crippen molar-refractivity contribution in [2.45, 2.75) is 31.3 Å². The Morgan fingerprint density at radius 3 is 2.46 bits per heavy atom. The first-order valence-corrected chi connectivity index (χ1v) is 9.69. The van der Waals surface area contributed by atoms with Gasteiger partial charge in [-0.1, -0.05) is 36.4 Å². The number of hydrogen-bond donors (Lipinski definition) is 1. The van der Waals surface area contributed by atoms with Gasteiger partial charge in [0, 0.05) is 13.6 Å². The van der Waals surface area contributed by atoms with Crippen molar-refractivity contribution in [2.75, 3.05) is 14.2 Å². The van der Waals surface area contributed by atoms with Gasteiger partial charge in [0.05, 0.1) is 13.2 Å². The fraction of sp³-hybridized carbons (Fsp3) is 0.316. The van der Waals surface area contributed by atoms with Gasteiger partial charge in [-0.15, -0.1) is 0 Å². The van der Waals surface area contributed by atoms with Gasteiger partial charge in [0.25, 0.3) is 0 Å². The molecule has 1 amide bonds. The monoisotopic (exact) mass is 376 g/mol. The Kier molecular flexibility index (Phi) is 6.39. The third-order valence-corrected chi connectivity index (χ3v) is 5.51. The molecule has 1 N–H and O–H groups in total. The zero-order valence-corrected chi connectivity index (χ0v) is 16.2. The summed E-state index contributed by atoms with van der Waals surface area (Å²) in [4.78, 5) is 14.1. The highest BCUT2D eigenvalue weighted by atomic mass is 32.2. The van der Waals surface area contributed by atoms with E-state index in [9.17, 15) is 13.2 Å². The maximum Gasteiger partial charge on any atom is 0.244 e. The summed E-state index contributed by atoms with van der Waals surface area (Å²) in [6.07, 6.45) is 0. The van der Waals surface area contributed by atoms with E-state index in [4.69, 9.17) is 4.74 Å². The number of methoxy groups -OCH3 is 1. The van der Waals surface area contributed by atoms with E-state index < -0.39 is 16.1 Å². The van der Waals surface area contributed by atoms with Crippen LogP contribution in [0, 0.1) is 6.92 Å². The number of nitrogens with zero attached hydrogens (tertiary/aromatic N) is 1. The standard InChI is InChI=1S/C19H24N2O4S/c1-14-10-11-17(25-4)18(12-14)26(23,24)20-15(2)19(22)21(3)13-16-8-6-5-7-9-16/h5-12,15,20H,13H2,1-4H3/t15-/m0/s1. The fourth-order valence-electron chi connectivity index (χ4n) is 2.61. The average Bonchev–Trinajstić information content (AvgIpc) is 2.61. The Morgan fingerprint density at radius 2 is 1.85 bits per heavy atom. The number of hydrogen-bond acceptors (Lipinski definition) is 4. The topological polar surface area (TPSA) is 75.7 Å². The van der Waals surface area contributed by atoms with Crippen LogP contribution in [0.5, 0.6) is 5.75 Å². The second kappa shape index (κ2) is 8.33. The summed E-state index contributed by atoms with van der Waals surface area (Å²) < 4.78 is 33.0. The Bertz CT molecular complexity index is 866. The Balaban J connectivity index is 2.13. The van der Waals surface area contributed by atoms with E-state index in [2.05, 4.69) is 4.72 Å². The molecule has 0 aliphatic carbocycles. The van der Waals surface area contributed by atoms with Gasteiger partial charge < -0.3 is 9.64 Å². The maximum atomic E-state index is 12.7. The molecule has 7 heteroatoms.